The summed E-state index contributed by atoms with van der Waals surface area (Å²) in [6.07, 6.45) is 3.45. The van der Waals surface area contributed by atoms with Crippen LogP contribution >= 0.6 is 0 Å². The standard InChI is InChI=1S/C18H18F2N4O/c1-2-3-7-25-17-6-4-5-15(11-17)22-18-21-12-24(23-18)16-9-13(19)8-14(20)10-16/h4-6,8-12H,2-3,7H2,1H3,(H,22,23). The third-order valence-electron chi connectivity index (χ3n) is 3.46. The van der Waals surface area contributed by atoms with E-state index in [2.05, 4.69) is 22.3 Å². The first-order valence-electron chi connectivity index (χ1n) is 8.02. The van der Waals surface area contributed by atoms with Gasteiger partial charge in [-0.3, -0.25) is 0 Å². The van der Waals surface area contributed by atoms with Gasteiger partial charge in [0.05, 0.1) is 12.3 Å². The molecule has 0 spiro atoms. The molecular weight excluding hydrogens is 326 g/mol. The molecule has 2 aromatic carbocycles. The second kappa shape index (κ2) is 7.74. The van der Waals surface area contributed by atoms with Gasteiger partial charge >= 0.3 is 0 Å². The summed E-state index contributed by atoms with van der Waals surface area (Å²) in [7, 11) is 0. The van der Waals surface area contributed by atoms with E-state index < -0.39 is 11.6 Å². The summed E-state index contributed by atoms with van der Waals surface area (Å²) in [5, 5.41) is 7.23. The summed E-state index contributed by atoms with van der Waals surface area (Å²) < 4.78 is 33.6. The van der Waals surface area contributed by atoms with Crippen molar-refractivity contribution in [1.82, 2.24) is 14.8 Å². The molecule has 0 atom stereocenters. The summed E-state index contributed by atoms with van der Waals surface area (Å²) in [6.45, 7) is 2.77. The highest BCUT2D eigenvalue weighted by atomic mass is 19.1. The number of anilines is 2. The normalized spacial score (nSPS) is 10.7. The molecular formula is C18H18F2N4O. The molecule has 3 rings (SSSR count). The van der Waals surface area contributed by atoms with Gasteiger partial charge in [0.2, 0.25) is 5.95 Å². The number of nitrogens with zero attached hydrogens (tertiary/aromatic N) is 3. The molecule has 0 amide bonds. The third-order valence-corrected chi connectivity index (χ3v) is 3.46. The predicted octanol–water partition coefficient (Wildman–Crippen LogP) is 4.47. The molecule has 0 radical (unpaired) electrons. The smallest absolute Gasteiger partial charge is 0.246 e. The maximum absolute atomic E-state index is 13.3. The minimum atomic E-state index is -0.670. The van der Waals surface area contributed by atoms with Gasteiger partial charge in [-0.2, -0.15) is 4.98 Å². The average molecular weight is 344 g/mol. The van der Waals surface area contributed by atoms with Crippen LogP contribution in [0.4, 0.5) is 20.4 Å². The Morgan fingerprint density at radius 3 is 2.68 bits per heavy atom. The number of ether oxygens (including phenoxy) is 1. The first kappa shape index (κ1) is 16.9. The summed E-state index contributed by atoms with van der Waals surface area (Å²) in [6, 6.07) is 10.6. The molecule has 5 nitrogen and oxygen atoms in total. The van der Waals surface area contributed by atoms with E-state index in [0.29, 0.717) is 12.6 Å². The van der Waals surface area contributed by atoms with E-state index in [4.69, 9.17) is 4.74 Å². The molecule has 0 fully saturated rings. The number of hydrogen-bond acceptors (Lipinski definition) is 4. The van der Waals surface area contributed by atoms with Crippen molar-refractivity contribution in [2.45, 2.75) is 19.8 Å². The summed E-state index contributed by atoms with van der Waals surface area (Å²) in [4.78, 5) is 4.11. The van der Waals surface area contributed by atoms with Crippen molar-refractivity contribution in [3.05, 3.63) is 60.4 Å². The van der Waals surface area contributed by atoms with Crippen molar-refractivity contribution >= 4 is 11.6 Å². The van der Waals surface area contributed by atoms with Crippen LogP contribution in [0.1, 0.15) is 19.8 Å². The Bertz CT molecular complexity index is 830. The first-order valence-corrected chi connectivity index (χ1v) is 8.02. The maximum Gasteiger partial charge on any atom is 0.246 e. The fraction of sp³-hybridized carbons (Fsp3) is 0.222. The summed E-state index contributed by atoms with van der Waals surface area (Å²) in [5.74, 6) is -0.269. The molecule has 3 aromatic rings. The zero-order chi connectivity index (χ0) is 17.6. The molecule has 1 N–H and O–H groups in total. The van der Waals surface area contributed by atoms with E-state index in [9.17, 15) is 8.78 Å². The molecule has 0 bridgehead atoms. The number of halogens is 2. The fourth-order valence-corrected chi connectivity index (χ4v) is 2.24. The predicted molar refractivity (Wildman–Crippen MR) is 91.4 cm³/mol. The molecule has 0 saturated heterocycles. The Morgan fingerprint density at radius 2 is 1.92 bits per heavy atom. The number of benzene rings is 2. The number of rotatable bonds is 7. The summed E-state index contributed by atoms with van der Waals surface area (Å²) in [5.41, 5.74) is 1.02. The Balaban J connectivity index is 1.72. The van der Waals surface area contributed by atoms with Crippen molar-refractivity contribution in [2.24, 2.45) is 0 Å². The molecule has 25 heavy (non-hydrogen) atoms. The van der Waals surface area contributed by atoms with E-state index >= 15 is 0 Å². The van der Waals surface area contributed by atoms with Crippen LogP contribution in [0.5, 0.6) is 5.75 Å². The molecule has 0 aliphatic heterocycles. The molecule has 7 heteroatoms. The molecule has 130 valence electrons. The molecule has 0 aliphatic carbocycles. The third kappa shape index (κ3) is 4.53. The highest BCUT2D eigenvalue weighted by molar-refractivity contribution is 5.55. The molecule has 0 aliphatic rings. The largest absolute Gasteiger partial charge is 0.494 e. The molecule has 1 heterocycles. The summed E-state index contributed by atoms with van der Waals surface area (Å²) >= 11 is 0. The Morgan fingerprint density at radius 1 is 1.12 bits per heavy atom. The van der Waals surface area contributed by atoms with Gasteiger partial charge in [-0.1, -0.05) is 19.4 Å². The van der Waals surface area contributed by atoms with E-state index in [1.54, 1.807) is 0 Å². The number of hydrogen-bond donors (Lipinski definition) is 1. The Hall–Kier alpha value is -2.96. The van der Waals surface area contributed by atoms with Gasteiger partial charge in [0.15, 0.2) is 0 Å². The van der Waals surface area contributed by atoms with E-state index in [1.165, 1.54) is 23.1 Å². The van der Waals surface area contributed by atoms with Gasteiger partial charge in [0.1, 0.15) is 23.7 Å². The van der Waals surface area contributed by atoms with Crippen LogP contribution in [0.3, 0.4) is 0 Å². The number of aromatic nitrogens is 3. The first-order chi connectivity index (χ1) is 12.1. The second-order valence-electron chi connectivity index (χ2n) is 5.50. The second-order valence-corrected chi connectivity index (χ2v) is 5.50. The molecule has 0 saturated carbocycles. The van der Waals surface area contributed by atoms with Crippen LogP contribution in [0.15, 0.2) is 48.8 Å². The lowest BCUT2D eigenvalue weighted by Gasteiger charge is -2.07. The zero-order valence-corrected chi connectivity index (χ0v) is 13.7. The zero-order valence-electron chi connectivity index (χ0n) is 13.7. The lowest BCUT2D eigenvalue weighted by atomic mass is 10.3. The number of unbranched alkanes of at least 4 members (excludes halogenated alkanes) is 1. The minimum Gasteiger partial charge on any atom is -0.494 e. The lowest BCUT2D eigenvalue weighted by Crippen LogP contribution is -1.99. The Kier molecular flexibility index (Phi) is 5.23. The highest BCUT2D eigenvalue weighted by Gasteiger charge is 2.07. The van der Waals surface area contributed by atoms with Crippen molar-refractivity contribution in [3.63, 3.8) is 0 Å². The SMILES string of the molecule is CCCCOc1cccc(Nc2ncn(-c3cc(F)cc(F)c3)n2)c1. The fourth-order valence-electron chi connectivity index (χ4n) is 2.24. The average Bonchev–Trinajstić information content (AvgIpc) is 3.03. The van der Waals surface area contributed by atoms with Crippen molar-refractivity contribution in [3.8, 4) is 11.4 Å². The van der Waals surface area contributed by atoms with Crippen molar-refractivity contribution in [2.75, 3.05) is 11.9 Å². The van der Waals surface area contributed by atoms with Gasteiger partial charge in [-0.05, 0) is 30.7 Å². The van der Waals surface area contributed by atoms with Gasteiger partial charge in [0, 0.05) is 17.8 Å². The van der Waals surface area contributed by atoms with Crippen LogP contribution < -0.4 is 10.1 Å². The van der Waals surface area contributed by atoms with Crippen LogP contribution in [0.25, 0.3) is 5.69 Å². The quantitative estimate of drug-likeness (QED) is 0.643. The number of nitrogens with one attached hydrogen (secondary N) is 1. The molecule has 0 unspecified atom stereocenters. The van der Waals surface area contributed by atoms with E-state index in [-0.39, 0.29) is 5.69 Å². The lowest BCUT2D eigenvalue weighted by molar-refractivity contribution is 0.309. The highest BCUT2D eigenvalue weighted by Crippen LogP contribution is 2.20. The maximum atomic E-state index is 13.3. The topological polar surface area (TPSA) is 52.0 Å². The van der Waals surface area contributed by atoms with Gasteiger partial charge in [0.25, 0.3) is 0 Å². The molecule has 1 aromatic heterocycles. The van der Waals surface area contributed by atoms with E-state index in [1.807, 2.05) is 24.3 Å². The Labute approximate surface area is 144 Å². The van der Waals surface area contributed by atoms with Crippen molar-refractivity contribution in [1.29, 1.82) is 0 Å². The minimum absolute atomic E-state index is 0.259. The van der Waals surface area contributed by atoms with Gasteiger partial charge in [-0.25, -0.2) is 13.5 Å². The van der Waals surface area contributed by atoms with Gasteiger partial charge in [-0.15, -0.1) is 5.10 Å². The van der Waals surface area contributed by atoms with E-state index in [0.717, 1.165) is 30.3 Å². The monoisotopic (exact) mass is 344 g/mol. The van der Waals surface area contributed by atoms with Crippen LogP contribution in [0, 0.1) is 11.6 Å². The van der Waals surface area contributed by atoms with Crippen molar-refractivity contribution < 1.29 is 13.5 Å². The van der Waals surface area contributed by atoms with Crippen LogP contribution in [-0.4, -0.2) is 21.4 Å². The van der Waals surface area contributed by atoms with Crippen LogP contribution in [0.2, 0.25) is 0 Å². The van der Waals surface area contributed by atoms with Crippen LogP contribution in [-0.2, 0) is 0 Å². The van der Waals surface area contributed by atoms with Gasteiger partial charge < -0.3 is 10.1 Å².